The lowest BCUT2D eigenvalue weighted by Crippen LogP contribution is -2.36. The number of nitrogens with zero attached hydrogens (tertiary/aromatic N) is 1. The maximum atomic E-state index is 10.9. The summed E-state index contributed by atoms with van der Waals surface area (Å²) in [6.07, 6.45) is 4.42. The zero-order valence-corrected chi connectivity index (χ0v) is 14.2. The van der Waals surface area contributed by atoms with Gasteiger partial charge in [0.05, 0.1) is 12.5 Å². The highest BCUT2D eigenvalue weighted by Crippen LogP contribution is 2.39. The van der Waals surface area contributed by atoms with Gasteiger partial charge in [-0.3, -0.25) is 14.4 Å². The predicted octanol–water partition coefficient (Wildman–Crippen LogP) is 2.24. The third kappa shape index (κ3) is 6.58. The van der Waals surface area contributed by atoms with E-state index in [1.807, 2.05) is 26.8 Å². The van der Waals surface area contributed by atoms with Crippen molar-refractivity contribution in [3.05, 3.63) is 12.7 Å². The van der Waals surface area contributed by atoms with Gasteiger partial charge in [0.1, 0.15) is 0 Å². The molecule has 3 atom stereocenters. The second kappa shape index (κ2) is 11.2. The average molecular weight is 314 g/mol. The van der Waals surface area contributed by atoms with Crippen LogP contribution in [0.5, 0.6) is 0 Å². The van der Waals surface area contributed by atoms with Crippen molar-refractivity contribution in [1.82, 2.24) is 4.90 Å². The number of ether oxygens (including phenoxy) is 1. The largest absolute Gasteiger partial charge is 0.466 e. The lowest BCUT2D eigenvalue weighted by atomic mass is 10.3. The highest BCUT2D eigenvalue weighted by molar-refractivity contribution is 5.76. The number of nitrogens with two attached hydrogens (primary N) is 1. The zero-order valence-electron chi connectivity index (χ0n) is 14.2. The fraction of sp³-hybridized carbons (Fsp3) is 0.750. The molecule has 2 N–H and O–H groups in total. The number of likely N-dealkylation sites (tertiary alicyclic amines) is 1. The van der Waals surface area contributed by atoms with Crippen LogP contribution < -0.4 is 5.90 Å². The second-order valence-corrected chi connectivity index (χ2v) is 4.94. The maximum Gasteiger partial charge on any atom is 0.309 e. The first-order valence-corrected chi connectivity index (χ1v) is 7.97. The summed E-state index contributed by atoms with van der Waals surface area (Å²) in [5, 5.41) is 0. The van der Waals surface area contributed by atoms with E-state index in [9.17, 15) is 9.59 Å². The Labute approximate surface area is 133 Å². The molecular formula is C16H30N2O4. The van der Waals surface area contributed by atoms with Crippen LogP contribution in [0.3, 0.4) is 0 Å². The number of rotatable bonds is 4. The van der Waals surface area contributed by atoms with Crippen molar-refractivity contribution in [3.63, 3.8) is 0 Å². The van der Waals surface area contributed by atoms with E-state index in [0.717, 1.165) is 25.8 Å². The second-order valence-electron chi connectivity index (χ2n) is 4.94. The summed E-state index contributed by atoms with van der Waals surface area (Å²) in [5.74, 6) is 5.45. The van der Waals surface area contributed by atoms with Crippen molar-refractivity contribution in [3.8, 4) is 0 Å². The molecule has 1 saturated heterocycles. The lowest BCUT2D eigenvalue weighted by molar-refractivity contribution is -0.145. The van der Waals surface area contributed by atoms with E-state index in [2.05, 4.69) is 11.4 Å². The number of esters is 1. The Morgan fingerprint density at radius 1 is 1.41 bits per heavy atom. The molecule has 0 bridgehead atoms. The van der Waals surface area contributed by atoms with Gasteiger partial charge >= 0.3 is 5.97 Å². The van der Waals surface area contributed by atoms with Crippen molar-refractivity contribution >= 4 is 11.9 Å². The lowest BCUT2D eigenvalue weighted by Gasteiger charge is -2.20. The number of allylic oxidation sites excluding steroid dienone is 1. The zero-order chi connectivity index (χ0) is 17.1. The van der Waals surface area contributed by atoms with Gasteiger partial charge in [-0.25, -0.2) is 5.90 Å². The van der Waals surface area contributed by atoms with E-state index < -0.39 is 0 Å². The average Bonchev–Trinajstić information content (AvgIpc) is 3.17. The topological polar surface area (TPSA) is 81.9 Å². The number of amides is 1. The van der Waals surface area contributed by atoms with Gasteiger partial charge < -0.3 is 9.64 Å². The Bertz CT molecular complexity index is 360. The van der Waals surface area contributed by atoms with Crippen molar-refractivity contribution in [1.29, 1.82) is 0 Å². The Balaban J connectivity index is 0.000000360. The summed E-state index contributed by atoms with van der Waals surface area (Å²) in [6.45, 7) is 12.2. The molecule has 6 heteroatoms. The van der Waals surface area contributed by atoms with Gasteiger partial charge in [0.15, 0.2) is 6.23 Å². The summed E-state index contributed by atoms with van der Waals surface area (Å²) in [6, 6.07) is 0. The molecule has 6 nitrogen and oxygen atoms in total. The molecule has 0 aromatic rings. The van der Waals surface area contributed by atoms with E-state index in [0.29, 0.717) is 12.5 Å². The minimum Gasteiger partial charge on any atom is -0.466 e. The summed E-state index contributed by atoms with van der Waals surface area (Å²) in [5.41, 5.74) is 0. The molecular weight excluding hydrogens is 284 g/mol. The van der Waals surface area contributed by atoms with Gasteiger partial charge in [-0.1, -0.05) is 19.9 Å². The monoisotopic (exact) mass is 314 g/mol. The summed E-state index contributed by atoms with van der Waals surface area (Å²) in [4.78, 5) is 27.9. The molecule has 1 heterocycles. The Morgan fingerprint density at radius 3 is 2.41 bits per heavy atom. The minimum atomic E-state index is -0.183. The molecule has 2 fully saturated rings. The van der Waals surface area contributed by atoms with Crippen LogP contribution in [0.1, 0.15) is 47.0 Å². The van der Waals surface area contributed by atoms with Crippen LogP contribution in [0, 0.1) is 11.8 Å². The first-order chi connectivity index (χ1) is 10.5. The summed E-state index contributed by atoms with van der Waals surface area (Å²) < 4.78 is 4.81. The van der Waals surface area contributed by atoms with Crippen LogP contribution in [0.25, 0.3) is 0 Å². The molecule has 1 saturated carbocycles. The van der Waals surface area contributed by atoms with Gasteiger partial charge in [0.2, 0.25) is 5.91 Å². The molecule has 128 valence electrons. The van der Waals surface area contributed by atoms with E-state index in [1.54, 1.807) is 4.90 Å². The minimum absolute atomic E-state index is 0.0351. The Kier molecular flexibility index (Phi) is 10.5. The van der Waals surface area contributed by atoms with Crippen LogP contribution in [-0.2, 0) is 19.2 Å². The molecule has 1 amide bonds. The molecule has 2 aliphatic rings. The first-order valence-electron chi connectivity index (χ1n) is 7.97. The van der Waals surface area contributed by atoms with E-state index in [1.165, 1.54) is 6.92 Å². The molecule has 0 radical (unpaired) electrons. The van der Waals surface area contributed by atoms with Crippen molar-refractivity contribution in [2.75, 3.05) is 13.2 Å². The van der Waals surface area contributed by atoms with Crippen molar-refractivity contribution < 1.29 is 19.2 Å². The molecule has 0 aromatic heterocycles. The van der Waals surface area contributed by atoms with Gasteiger partial charge in [-0.15, -0.1) is 6.58 Å². The third-order valence-electron chi connectivity index (χ3n) is 3.49. The molecule has 1 aliphatic heterocycles. The summed E-state index contributed by atoms with van der Waals surface area (Å²) >= 11 is 0. The van der Waals surface area contributed by atoms with Crippen LogP contribution >= 0.6 is 0 Å². The van der Waals surface area contributed by atoms with Crippen molar-refractivity contribution in [2.24, 2.45) is 17.7 Å². The quantitative estimate of drug-likeness (QED) is 0.489. The fourth-order valence-corrected chi connectivity index (χ4v) is 2.23. The first kappa shape index (κ1) is 20.6. The fourth-order valence-electron chi connectivity index (χ4n) is 2.23. The third-order valence-corrected chi connectivity index (χ3v) is 3.49. The van der Waals surface area contributed by atoms with Gasteiger partial charge in [0, 0.05) is 13.5 Å². The maximum absolute atomic E-state index is 10.9. The van der Waals surface area contributed by atoms with Crippen LogP contribution in [-0.4, -0.2) is 36.2 Å². The van der Waals surface area contributed by atoms with E-state index in [4.69, 9.17) is 10.6 Å². The highest BCUT2D eigenvalue weighted by Gasteiger charge is 2.41. The molecule has 0 aromatic carbocycles. The molecule has 22 heavy (non-hydrogen) atoms. The van der Waals surface area contributed by atoms with Crippen molar-refractivity contribution in [2.45, 2.75) is 53.2 Å². The molecule has 1 aliphatic carbocycles. The molecule has 3 unspecified atom stereocenters. The predicted molar refractivity (Wildman–Crippen MR) is 85.5 cm³/mol. The van der Waals surface area contributed by atoms with E-state index >= 15 is 0 Å². The standard InChI is InChI=1S/C8H12O2.C6H12N2O2.C2H6/c1-3-6-5-7(6)8(9)10-4-2;1-5(9)8-4-2-3-6(8)10-7;1-2/h3,6-7H,1,4-5H2,2H3;6H,2-4,7H2,1H3;1-2H3. The normalized spacial score (nSPS) is 25.1. The number of hydrogen-bond acceptors (Lipinski definition) is 5. The van der Waals surface area contributed by atoms with Gasteiger partial charge in [-0.2, -0.15) is 0 Å². The van der Waals surface area contributed by atoms with Crippen LogP contribution in [0.2, 0.25) is 0 Å². The van der Waals surface area contributed by atoms with E-state index in [-0.39, 0.29) is 24.0 Å². The Hall–Kier alpha value is -1.40. The van der Waals surface area contributed by atoms with Crippen LogP contribution in [0.4, 0.5) is 0 Å². The SMILES string of the molecule is C=CC1CC1C(=O)OCC.CC.CC(=O)N1CCCC1ON. The number of hydrogen-bond donors (Lipinski definition) is 1. The molecule has 0 spiro atoms. The van der Waals surface area contributed by atoms with Gasteiger partial charge in [-0.05, 0) is 32.1 Å². The van der Waals surface area contributed by atoms with Crippen LogP contribution in [0.15, 0.2) is 12.7 Å². The highest BCUT2D eigenvalue weighted by atomic mass is 16.6. The number of carbonyl (C=O) groups is 2. The number of carbonyl (C=O) groups excluding carboxylic acids is 2. The summed E-state index contributed by atoms with van der Waals surface area (Å²) in [7, 11) is 0. The Morgan fingerprint density at radius 2 is 2.05 bits per heavy atom. The van der Waals surface area contributed by atoms with Gasteiger partial charge in [0.25, 0.3) is 0 Å². The smallest absolute Gasteiger partial charge is 0.309 e. The molecule has 2 rings (SSSR count).